The molecule has 2 N–H and O–H groups in total. The minimum Gasteiger partial charge on any atom is -0.396 e. The third-order valence-electron chi connectivity index (χ3n) is 1.88. The normalized spacial score (nSPS) is 10.8. The lowest BCUT2D eigenvalue weighted by molar-refractivity contribution is 0.618. The van der Waals surface area contributed by atoms with Gasteiger partial charge in [-0.15, -0.1) is 0 Å². The Morgan fingerprint density at radius 1 is 1.46 bits per heavy atom. The maximum atomic E-state index is 5.71. The summed E-state index contributed by atoms with van der Waals surface area (Å²) in [6, 6.07) is 0. The third kappa shape index (κ3) is 2.68. The second-order valence-corrected chi connectivity index (χ2v) is 3.64. The Morgan fingerprint density at radius 3 is 2.69 bits per heavy atom. The van der Waals surface area contributed by atoms with Gasteiger partial charge in [-0.25, -0.2) is 9.97 Å². The van der Waals surface area contributed by atoms with E-state index in [1.165, 1.54) is 0 Å². The van der Waals surface area contributed by atoms with Crippen LogP contribution in [0.3, 0.4) is 0 Å². The average Bonchev–Trinajstić information content (AvgIpc) is 2.07. The number of aromatic nitrogens is 2. The van der Waals surface area contributed by atoms with Gasteiger partial charge in [0.25, 0.3) is 0 Å². The van der Waals surface area contributed by atoms with Crippen LogP contribution in [0.4, 0.5) is 5.69 Å². The summed E-state index contributed by atoms with van der Waals surface area (Å²) in [7, 11) is 0. The van der Waals surface area contributed by atoms with Crippen molar-refractivity contribution >= 4 is 5.69 Å². The van der Waals surface area contributed by atoms with E-state index >= 15 is 0 Å². The lowest BCUT2D eigenvalue weighted by atomic mass is 10.1. The van der Waals surface area contributed by atoms with Crippen molar-refractivity contribution in [3.63, 3.8) is 0 Å². The molecule has 1 rings (SSSR count). The summed E-state index contributed by atoms with van der Waals surface area (Å²) in [5, 5.41) is 0. The van der Waals surface area contributed by atoms with Crippen LogP contribution in [0.2, 0.25) is 0 Å². The first-order valence-electron chi connectivity index (χ1n) is 4.73. The van der Waals surface area contributed by atoms with Gasteiger partial charge in [0.05, 0.1) is 17.6 Å². The van der Waals surface area contributed by atoms with Crippen molar-refractivity contribution in [2.45, 2.75) is 33.6 Å². The van der Waals surface area contributed by atoms with Crippen LogP contribution in [0.5, 0.6) is 0 Å². The first-order chi connectivity index (χ1) is 6.13. The van der Waals surface area contributed by atoms with Crippen LogP contribution in [-0.2, 0) is 12.8 Å². The predicted molar refractivity (Wildman–Crippen MR) is 54.4 cm³/mol. The molecule has 0 aliphatic rings. The van der Waals surface area contributed by atoms with Crippen LogP contribution in [-0.4, -0.2) is 9.97 Å². The zero-order valence-electron chi connectivity index (χ0n) is 8.54. The Morgan fingerprint density at radius 2 is 2.15 bits per heavy atom. The molecule has 0 aliphatic carbocycles. The van der Waals surface area contributed by atoms with E-state index in [4.69, 9.17) is 5.73 Å². The summed E-state index contributed by atoms with van der Waals surface area (Å²) < 4.78 is 0. The van der Waals surface area contributed by atoms with E-state index in [9.17, 15) is 0 Å². The molecule has 3 heteroatoms. The number of rotatable bonds is 3. The monoisotopic (exact) mass is 179 g/mol. The largest absolute Gasteiger partial charge is 0.396 e. The standard InChI is InChI=1S/C10H17N3/c1-4-9-8(11)6-12-10(13-9)5-7(2)3/h6-7H,4-5,11H2,1-3H3. The minimum atomic E-state index is 0.591. The zero-order valence-corrected chi connectivity index (χ0v) is 8.54. The van der Waals surface area contributed by atoms with E-state index in [1.54, 1.807) is 6.20 Å². The fraction of sp³-hybridized carbons (Fsp3) is 0.600. The van der Waals surface area contributed by atoms with Gasteiger partial charge in [-0.1, -0.05) is 20.8 Å². The second-order valence-electron chi connectivity index (χ2n) is 3.64. The molecular formula is C10H17N3. The molecule has 0 spiro atoms. The highest BCUT2D eigenvalue weighted by Crippen LogP contribution is 2.10. The maximum absolute atomic E-state index is 5.71. The van der Waals surface area contributed by atoms with Crippen LogP contribution in [0.1, 0.15) is 32.3 Å². The number of hydrogen-bond donors (Lipinski definition) is 1. The van der Waals surface area contributed by atoms with E-state index in [-0.39, 0.29) is 0 Å². The molecule has 13 heavy (non-hydrogen) atoms. The van der Waals surface area contributed by atoms with Gasteiger partial charge in [-0.2, -0.15) is 0 Å². The molecule has 0 radical (unpaired) electrons. The highest BCUT2D eigenvalue weighted by Gasteiger charge is 2.04. The van der Waals surface area contributed by atoms with Gasteiger partial charge >= 0.3 is 0 Å². The predicted octanol–water partition coefficient (Wildman–Crippen LogP) is 1.82. The van der Waals surface area contributed by atoms with Crippen LogP contribution in [0.15, 0.2) is 6.20 Å². The number of nitrogen functional groups attached to an aromatic ring is 1. The third-order valence-corrected chi connectivity index (χ3v) is 1.88. The summed E-state index contributed by atoms with van der Waals surface area (Å²) in [5.41, 5.74) is 7.37. The Hall–Kier alpha value is -1.12. The van der Waals surface area contributed by atoms with E-state index in [2.05, 4.69) is 30.7 Å². The van der Waals surface area contributed by atoms with Crippen molar-refractivity contribution in [3.8, 4) is 0 Å². The van der Waals surface area contributed by atoms with E-state index < -0.39 is 0 Å². The molecule has 1 heterocycles. The molecule has 0 amide bonds. The minimum absolute atomic E-state index is 0.591. The molecule has 0 unspecified atom stereocenters. The van der Waals surface area contributed by atoms with Gasteiger partial charge in [-0.3, -0.25) is 0 Å². The van der Waals surface area contributed by atoms with Gasteiger partial charge in [0.1, 0.15) is 5.82 Å². The molecule has 0 atom stereocenters. The Balaban J connectivity index is 2.86. The van der Waals surface area contributed by atoms with Crippen molar-refractivity contribution in [3.05, 3.63) is 17.7 Å². The maximum Gasteiger partial charge on any atom is 0.128 e. The van der Waals surface area contributed by atoms with Gasteiger partial charge in [-0.05, 0) is 12.3 Å². The van der Waals surface area contributed by atoms with Gasteiger partial charge < -0.3 is 5.73 Å². The molecule has 0 saturated carbocycles. The Bertz CT molecular complexity index is 281. The van der Waals surface area contributed by atoms with Crippen LogP contribution < -0.4 is 5.73 Å². The summed E-state index contributed by atoms with van der Waals surface area (Å²) >= 11 is 0. The van der Waals surface area contributed by atoms with Gasteiger partial charge in [0, 0.05) is 6.42 Å². The topological polar surface area (TPSA) is 51.8 Å². The first-order valence-corrected chi connectivity index (χ1v) is 4.73. The number of hydrogen-bond acceptors (Lipinski definition) is 3. The summed E-state index contributed by atoms with van der Waals surface area (Å²) in [4.78, 5) is 8.59. The number of nitrogens with two attached hydrogens (primary N) is 1. The second kappa shape index (κ2) is 4.21. The van der Waals surface area contributed by atoms with Crippen LogP contribution in [0.25, 0.3) is 0 Å². The summed E-state index contributed by atoms with van der Waals surface area (Å²) in [5.74, 6) is 1.49. The molecule has 0 aliphatic heterocycles. The van der Waals surface area contributed by atoms with Crippen molar-refractivity contribution in [1.82, 2.24) is 9.97 Å². The average molecular weight is 179 g/mol. The summed E-state index contributed by atoms with van der Waals surface area (Å²) in [6.07, 6.45) is 3.51. The van der Waals surface area contributed by atoms with Gasteiger partial charge in [0.15, 0.2) is 0 Å². The van der Waals surface area contributed by atoms with Crippen molar-refractivity contribution in [2.75, 3.05) is 5.73 Å². The molecule has 1 aromatic heterocycles. The Labute approximate surface area is 79.4 Å². The van der Waals surface area contributed by atoms with Gasteiger partial charge in [0.2, 0.25) is 0 Å². The van der Waals surface area contributed by atoms with E-state index in [0.29, 0.717) is 11.6 Å². The molecule has 72 valence electrons. The molecule has 0 saturated heterocycles. The number of aryl methyl sites for hydroxylation is 1. The van der Waals surface area contributed by atoms with Crippen LogP contribution in [0, 0.1) is 5.92 Å². The quantitative estimate of drug-likeness (QED) is 0.770. The van der Waals surface area contributed by atoms with E-state index in [0.717, 1.165) is 24.4 Å². The fourth-order valence-corrected chi connectivity index (χ4v) is 1.21. The highest BCUT2D eigenvalue weighted by atomic mass is 14.9. The molecule has 0 fully saturated rings. The lowest BCUT2D eigenvalue weighted by Gasteiger charge is -2.06. The smallest absolute Gasteiger partial charge is 0.128 e. The zero-order chi connectivity index (χ0) is 9.84. The van der Waals surface area contributed by atoms with E-state index in [1.807, 2.05) is 0 Å². The molecule has 3 nitrogen and oxygen atoms in total. The number of nitrogens with zero attached hydrogens (tertiary/aromatic N) is 2. The number of anilines is 1. The fourth-order valence-electron chi connectivity index (χ4n) is 1.21. The molecule has 0 aromatic carbocycles. The summed E-state index contributed by atoms with van der Waals surface area (Å²) in [6.45, 7) is 6.37. The van der Waals surface area contributed by atoms with Crippen molar-refractivity contribution in [2.24, 2.45) is 5.92 Å². The first kappa shape index (κ1) is 9.96. The van der Waals surface area contributed by atoms with Crippen molar-refractivity contribution < 1.29 is 0 Å². The molecule has 0 bridgehead atoms. The Kier molecular flexibility index (Phi) is 3.23. The highest BCUT2D eigenvalue weighted by molar-refractivity contribution is 5.40. The molecular weight excluding hydrogens is 162 g/mol. The lowest BCUT2D eigenvalue weighted by Crippen LogP contribution is -2.05. The van der Waals surface area contributed by atoms with Crippen molar-refractivity contribution in [1.29, 1.82) is 0 Å². The van der Waals surface area contributed by atoms with Crippen LogP contribution >= 0.6 is 0 Å². The molecule has 1 aromatic rings. The SMILES string of the molecule is CCc1nc(CC(C)C)ncc1N.